The molecule has 2 unspecified atom stereocenters. The molecule has 0 spiro atoms. The molecule has 1 saturated carbocycles. The van der Waals surface area contributed by atoms with Gasteiger partial charge in [0.05, 0.1) is 11.9 Å². The van der Waals surface area contributed by atoms with Gasteiger partial charge in [-0.2, -0.15) is 0 Å². The van der Waals surface area contributed by atoms with E-state index in [1.165, 1.54) is 0 Å². The molecular weight excluding hydrogens is 280 g/mol. The Morgan fingerprint density at radius 1 is 1.36 bits per heavy atom. The van der Waals surface area contributed by atoms with E-state index < -0.39 is 11.7 Å². The fraction of sp³-hybridized carbons (Fsp3) is 0.625. The van der Waals surface area contributed by atoms with Gasteiger partial charge in [-0.3, -0.25) is 5.32 Å². The third kappa shape index (κ3) is 5.52. The molecule has 2 atom stereocenters. The van der Waals surface area contributed by atoms with Crippen LogP contribution in [0.15, 0.2) is 18.3 Å². The van der Waals surface area contributed by atoms with Gasteiger partial charge in [-0.25, -0.2) is 9.78 Å². The molecule has 6 nitrogen and oxygen atoms in total. The summed E-state index contributed by atoms with van der Waals surface area (Å²) in [6.07, 6.45) is 5.59. The van der Waals surface area contributed by atoms with Crippen molar-refractivity contribution in [3.05, 3.63) is 18.3 Å². The Morgan fingerprint density at radius 3 is 2.73 bits per heavy atom. The van der Waals surface area contributed by atoms with Crippen molar-refractivity contribution in [2.24, 2.45) is 5.73 Å². The maximum absolute atomic E-state index is 11.7. The molecule has 1 aliphatic rings. The van der Waals surface area contributed by atoms with Crippen molar-refractivity contribution < 1.29 is 9.53 Å². The molecule has 1 heterocycles. The van der Waals surface area contributed by atoms with Crippen LogP contribution in [0.25, 0.3) is 0 Å². The fourth-order valence-electron chi connectivity index (χ4n) is 2.56. The van der Waals surface area contributed by atoms with Crippen LogP contribution in [0, 0.1) is 0 Å². The second-order valence-corrected chi connectivity index (χ2v) is 6.83. The molecule has 6 heteroatoms. The number of nitrogens with zero attached hydrogens (tertiary/aromatic N) is 1. The predicted molar refractivity (Wildman–Crippen MR) is 87.9 cm³/mol. The number of hydrogen-bond acceptors (Lipinski definition) is 5. The largest absolute Gasteiger partial charge is 0.444 e. The summed E-state index contributed by atoms with van der Waals surface area (Å²) in [4.78, 5) is 15.9. The number of ether oxygens (including phenoxy) is 1. The number of anilines is 2. The summed E-state index contributed by atoms with van der Waals surface area (Å²) in [5, 5.41) is 6.06. The van der Waals surface area contributed by atoms with E-state index >= 15 is 0 Å². The van der Waals surface area contributed by atoms with E-state index in [1.54, 1.807) is 12.3 Å². The van der Waals surface area contributed by atoms with Crippen LogP contribution in [0.4, 0.5) is 16.3 Å². The Morgan fingerprint density at radius 2 is 2.14 bits per heavy atom. The number of carbonyl (C=O) groups is 1. The first-order valence-electron chi connectivity index (χ1n) is 7.80. The molecule has 1 amide bonds. The highest BCUT2D eigenvalue weighted by molar-refractivity contribution is 5.83. The number of nitrogens with one attached hydrogen (secondary N) is 2. The Kier molecular flexibility index (Phi) is 5.24. The third-order valence-electron chi connectivity index (χ3n) is 3.48. The van der Waals surface area contributed by atoms with Gasteiger partial charge in [-0.1, -0.05) is 0 Å². The quantitative estimate of drug-likeness (QED) is 0.798. The zero-order chi connectivity index (χ0) is 16.2. The Balaban J connectivity index is 1.86. The third-order valence-corrected chi connectivity index (χ3v) is 3.48. The summed E-state index contributed by atoms with van der Waals surface area (Å²) in [5.74, 6) is 0.472. The number of aromatic nitrogens is 1. The lowest BCUT2D eigenvalue weighted by Crippen LogP contribution is -2.34. The summed E-state index contributed by atoms with van der Waals surface area (Å²) in [6.45, 7) is 5.46. The molecule has 1 fully saturated rings. The smallest absolute Gasteiger partial charge is 0.413 e. The van der Waals surface area contributed by atoms with Crippen LogP contribution in [-0.4, -0.2) is 28.8 Å². The van der Waals surface area contributed by atoms with Crippen molar-refractivity contribution in [1.82, 2.24) is 4.98 Å². The van der Waals surface area contributed by atoms with Gasteiger partial charge in [0.2, 0.25) is 0 Å². The zero-order valence-corrected chi connectivity index (χ0v) is 13.6. The maximum Gasteiger partial charge on any atom is 0.413 e. The molecule has 1 aromatic rings. The SMILES string of the molecule is CC(C)(C)OC(=O)Nc1ccc(NC2CCCC(N)C2)cn1. The molecule has 2 rings (SSSR count). The van der Waals surface area contributed by atoms with Crippen LogP contribution < -0.4 is 16.4 Å². The lowest BCUT2D eigenvalue weighted by Gasteiger charge is -2.28. The molecule has 1 aliphatic carbocycles. The monoisotopic (exact) mass is 306 g/mol. The van der Waals surface area contributed by atoms with E-state index in [4.69, 9.17) is 10.5 Å². The molecule has 4 N–H and O–H groups in total. The number of rotatable bonds is 3. The Labute approximate surface area is 131 Å². The lowest BCUT2D eigenvalue weighted by atomic mass is 9.91. The highest BCUT2D eigenvalue weighted by atomic mass is 16.6. The second kappa shape index (κ2) is 6.96. The molecule has 22 heavy (non-hydrogen) atoms. The molecule has 0 saturated heterocycles. The topological polar surface area (TPSA) is 89.3 Å². The van der Waals surface area contributed by atoms with Gasteiger partial charge in [0.1, 0.15) is 11.4 Å². The number of hydrogen-bond donors (Lipinski definition) is 3. The number of amides is 1. The minimum absolute atomic E-state index is 0.285. The van der Waals surface area contributed by atoms with E-state index in [9.17, 15) is 4.79 Å². The summed E-state index contributed by atoms with van der Waals surface area (Å²) in [6, 6.07) is 4.34. The van der Waals surface area contributed by atoms with Gasteiger partial charge in [0, 0.05) is 12.1 Å². The average Bonchev–Trinajstić information content (AvgIpc) is 2.39. The van der Waals surface area contributed by atoms with Crippen LogP contribution in [0.3, 0.4) is 0 Å². The molecule has 0 aromatic carbocycles. The summed E-state index contributed by atoms with van der Waals surface area (Å²) in [5.41, 5.74) is 6.41. The summed E-state index contributed by atoms with van der Waals surface area (Å²) < 4.78 is 5.19. The van der Waals surface area contributed by atoms with Crippen molar-refractivity contribution in [3.8, 4) is 0 Å². The van der Waals surface area contributed by atoms with Crippen LogP contribution in [0.2, 0.25) is 0 Å². The summed E-state index contributed by atoms with van der Waals surface area (Å²) in [7, 11) is 0. The van der Waals surface area contributed by atoms with Gasteiger partial charge in [0.25, 0.3) is 0 Å². The van der Waals surface area contributed by atoms with Gasteiger partial charge < -0.3 is 15.8 Å². The number of pyridine rings is 1. The number of carbonyl (C=O) groups excluding carboxylic acids is 1. The first kappa shape index (κ1) is 16.5. The van der Waals surface area contributed by atoms with Gasteiger partial charge >= 0.3 is 6.09 Å². The van der Waals surface area contributed by atoms with E-state index in [0.29, 0.717) is 11.9 Å². The Bertz CT molecular complexity index is 496. The van der Waals surface area contributed by atoms with Gasteiger partial charge in [-0.15, -0.1) is 0 Å². The predicted octanol–water partition coefficient (Wildman–Crippen LogP) is 3.11. The van der Waals surface area contributed by atoms with Crippen molar-refractivity contribution >= 4 is 17.6 Å². The maximum atomic E-state index is 11.7. The first-order chi connectivity index (χ1) is 10.3. The van der Waals surface area contributed by atoms with Crippen molar-refractivity contribution in [1.29, 1.82) is 0 Å². The second-order valence-electron chi connectivity index (χ2n) is 6.83. The molecule has 1 aromatic heterocycles. The highest BCUT2D eigenvalue weighted by Crippen LogP contribution is 2.21. The van der Waals surface area contributed by atoms with Crippen molar-refractivity contribution in [2.75, 3.05) is 10.6 Å². The van der Waals surface area contributed by atoms with Crippen LogP contribution in [0.1, 0.15) is 46.5 Å². The van der Waals surface area contributed by atoms with Crippen LogP contribution in [0.5, 0.6) is 0 Å². The molecule has 122 valence electrons. The Hall–Kier alpha value is -1.82. The molecule has 0 radical (unpaired) electrons. The van der Waals surface area contributed by atoms with E-state index in [1.807, 2.05) is 26.8 Å². The van der Waals surface area contributed by atoms with E-state index in [0.717, 1.165) is 31.4 Å². The fourth-order valence-corrected chi connectivity index (χ4v) is 2.56. The molecule has 0 aliphatic heterocycles. The lowest BCUT2D eigenvalue weighted by molar-refractivity contribution is 0.0635. The van der Waals surface area contributed by atoms with Crippen molar-refractivity contribution in [3.63, 3.8) is 0 Å². The summed E-state index contributed by atoms with van der Waals surface area (Å²) >= 11 is 0. The highest BCUT2D eigenvalue weighted by Gasteiger charge is 2.19. The molecule has 0 bridgehead atoms. The average molecular weight is 306 g/mol. The van der Waals surface area contributed by atoms with E-state index in [2.05, 4.69) is 15.6 Å². The molecular formula is C16H26N4O2. The standard InChI is InChI=1S/C16H26N4O2/c1-16(2,3)22-15(21)20-14-8-7-13(10-18-14)19-12-6-4-5-11(17)9-12/h7-8,10-12,19H,4-6,9,17H2,1-3H3,(H,18,20,21). The van der Waals surface area contributed by atoms with Crippen LogP contribution >= 0.6 is 0 Å². The van der Waals surface area contributed by atoms with Crippen LogP contribution in [-0.2, 0) is 4.74 Å². The van der Waals surface area contributed by atoms with Gasteiger partial charge in [-0.05, 0) is 58.6 Å². The van der Waals surface area contributed by atoms with Gasteiger partial charge in [0.15, 0.2) is 0 Å². The zero-order valence-electron chi connectivity index (χ0n) is 13.6. The first-order valence-corrected chi connectivity index (χ1v) is 7.80. The minimum atomic E-state index is -0.522. The number of nitrogens with two attached hydrogens (primary N) is 1. The minimum Gasteiger partial charge on any atom is -0.444 e. The normalized spacial score (nSPS) is 22.0. The van der Waals surface area contributed by atoms with Crippen molar-refractivity contribution in [2.45, 2.75) is 64.1 Å². The van der Waals surface area contributed by atoms with E-state index in [-0.39, 0.29) is 6.04 Å².